The van der Waals surface area contributed by atoms with E-state index in [1.165, 1.54) is 8.61 Å². The van der Waals surface area contributed by atoms with E-state index in [4.69, 9.17) is 0 Å². The Balaban J connectivity index is 4.33. The van der Waals surface area contributed by atoms with E-state index < -0.39 is 10.2 Å². The molecule has 0 atom stereocenters. The van der Waals surface area contributed by atoms with Gasteiger partial charge in [0, 0.05) is 40.3 Å². The van der Waals surface area contributed by atoms with Gasteiger partial charge in [-0.05, 0) is 28.2 Å². The molecule has 7 heteroatoms. The van der Waals surface area contributed by atoms with Crippen molar-refractivity contribution in [3.05, 3.63) is 0 Å². The summed E-state index contributed by atoms with van der Waals surface area (Å²) < 4.78 is 26.9. The lowest BCUT2D eigenvalue weighted by Gasteiger charge is -2.26. The summed E-state index contributed by atoms with van der Waals surface area (Å²) in [4.78, 5) is 3.93. The van der Waals surface area contributed by atoms with Gasteiger partial charge in [-0.2, -0.15) is 17.0 Å². The average molecular weight is 266 g/mol. The van der Waals surface area contributed by atoms with Crippen molar-refractivity contribution in [2.75, 3.05) is 68.5 Å². The van der Waals surface area contributed by atoms with E-state index in [0.29, 0.717) is 13.1 Å². The third-order valence-electron chi connectivity index (χ3n) is 2.51. The van der Waals surface area contributed by atoms with Gasteiger partial charge >= 0.3 is 0 Å². The molecule has 0 aromatic carbocycles. The SMILES string of the molecule is CN(C)CCN(C)S(=O)(=O)N(C)CCN(C)C. The van der Waals surface area contributed by atoms with Gasteiger partial charge in [0.15, 0.2) is 0 Å². The van der Waals surface area contributed by atoms with Gasteiger partial charge in [0.25, 0.3) is 10.2 Å². The predicted molar refractivity (Wildman–Crippen MR) is 71.3 cm³/mol. The van der Waals surface area contributed by atoms with Crippen molar-refractivity contribution in [1.29, 1.82) is 0 Å². The first kappa shape index (κ1) is 16.8. The quantitative estimate of drug-likeness (QED) is 0.578. The molecule has 0 amide bonds. The second-order valence-electron chi connectivity index (χ2n) is 4.76. The highest BCUT2D eigenvalue weighted by molar-refractivity contribution is 7.86. The van der Waals surface area contributed by atoms with Crippen LogP contribution in [0.2, 0.25) is 0 Å². The molecular formula is C10H26N4O2S. The van der Waals surface area contributed by atoms with Crippen molar-refractivity contribution in [3.63, 3.8) is 0 Å². The minimum absolute atomic E-state index is 0.502. The zero-order valence-corrected chi connectivity index (χ0v) is 12.7. The van der Waals surface area contributed by atoms with Crippen LogP contribution in [0, 0.1) is 0 Å². The molecule has 0 heterocycles. The summed E-state index contributed by atoms with van der Waals surface area (Å²) in [6.45, 7) is 2.44. The van der Waals surface area contributed by atoms with E-state index in [-0.39, 0.29) is 0 Å². The van der Waals surface area contributed by atoms with Crippen LogP contribution in [0.4, 0.5) is 0 Å². The van der Waals surface area contributed by atoms with Crippen LogP contribution in [0.1, 0.15) is 0 Å². The maximum atomic E-state index is 12.1. The van der Waals surface area contributed by atoms with Gasteiger partial charge in [0.2, 0.25) is 0 Å². The Morgan fingerprint density at radius 1 is 0.647 bits per heavy atom. The van der Waals surface area contributed by atoms with Gasteiger partial charge in [-0.15, -0.1) is 0 Å². The molecule has 17 heavy (non-hydrogen) atoms. The summed E-state index contributed by atoms with van der Waals surface area (Å²) in [7, 11) is 7.62. The molecule has 0 spiro atoms. The van der Waals surface area contributed by atoms with Crippen LogP contribution in [0.25, 0.3) is 0 Å². The lowest BCUT2D eigenvalue weighted by atomic mass is 10.6. The van der Waals surface area contributed by atoms with Crippen LogP contribution in [0.15, 0.2) is 0 Å². The summed E-state index contributed by atoms with van der Waals surface area (Å²) in [6.07, 6.45) is 0. The van der Waals surface area contributed by atoms with Gasteiger partial charge in [0.1, 0.15) is 0 Å². The fraction of sp³-hybridized carbons (Fsp3) is 1.00. The molecule has 0 saturated heterocycles. The molecule has 6 nitrogen and oxygen atoms in total. The number of likely N-dealkylation sites (N-methyl/N-ethyl adjacent to an activating group) is 4. The van der Waals surface area contributed by atoms with E-state index in [1.54, 1.807) is 14.1 Å². The first-order valence-electron chi connectivity index (χ1n) is 5.65. The summed E-state index contributed by atoms with van der Waals surface area (Å²) >= 11 is 0. The zero-order chi connectivity index (χ0) is 13.6. The van der Waals surface area contributed by atoms with E-state index in [2.05, 4.69) is 0 Å². The molecule has 0 aromatic rings. The van der Waals surface area contributed by atoms with Gasteiger partial charge in [-0.3, -0.25) is 0 Å². The molecule has 0 fully saturated rings. The first-order chi connectivity index (χ1) is 7.67. The van der Waals surface area contributed by atoms with Crippen LogP contribution in [0.3, 0.4) is 0 Å². The lowest BCUT2D eigenvalue weighted by molar-refractivity contribution is 0.321. The number of nitrogens with zero attached hydrogens (tertiary/aromatic N) is 4. The molecule has 0 aliphatic rings. The normalized spacial score (nSPS) is 13.3. The molecule has 0 rings (SSSR count). The van der Waals surface area contributed by atoms with Crippen LogP contribution in [-0.2, 0) is 10.2 Å². The summed E-state index contributed by atoms with van der Waals surface area (Å²) in [6, 6.07) is 0. The van der Waals surface area contributed by atoms with Gasteiger partial charge in [-0.25, -0.2) is 0 Å². The van der Waals surface area contributed by atoms with Crippen molar-refractivity contribution in [1.82, 2.24) is 18.4 Å². The fourth-order valence-electron chi connectivity index (χ4n) is 1.15. The molecule has 0 saturated carbocycles. The molecule has 0 aliphatic carbocycles. The largest absolute Gasteiger partial charge is 0.308 e. The van der Waals surface area contributed by atoms with E-state index in [0.717, 1.165) is 13.1 Å². The molecule has 104 valence electrons. The Bertz CT molecular complexity index is 279. The zero-order valence-electron chi connectivity index (χ0n) is 11.8. The Morgan fingerprint density at radius 3 is 1.18 bits per heavy atom. The van der Waals surface area contributed by atoms with E-state index >= 15 is 0 Å². The average Bonchev–Trinajstić information content (AvgIpc) is 2.21. The lowest BCUT2D eigenvalue weighted by Crippen LogP contribution is -2.44. The maximum absolute atomic E-state index is 12.1. The van der Waals surface area contributed by atoms with E-state index in [1.807, 2.05) is 38.0 Å². The number of hydrogen-bond donors (Lipinski definition) is 0. The van der Waals surface area contributed by atoms with Crippen molar-refractivity contribution in [2.45, 2.75) is 0 Å². The predicted octanol–water partition coefficient (Wildman–Crippen LogP) is -0.782. The van der Waals surface area contributed by atoms with E-state index in [9.17, 15) is 8.42 Å². The highest BCUT2D eigenvalue weighted by Crippen LogP contribution is 2.03. The molecule has 0 N–H and O–H groups in total. The summed E-state index contributed by atoms with van der Waals surface area (Å²) in [5.41, 5.74) is 0. The topological polar surface area (TPSA) is 47.1 Å². The minimum atomic E-state index is -3.32. The smallest absolute Gasteiger partial charge is 0.281 e. The Morgan fingerprint density at radius 2 is 0.941 bits per heavy atom. The number of rotatable bonds is 8. The summed E-state index contributed by atoms with van der Waals surface area (Å²) in [5.74, 6) is 0. The highest BCUT2D eigenvalue weighted by atomic mass is 32.2. The fourth-order valence-corrected chi connectivity index (χ4v) is 2.25. The van der Waals surface area contributed by atoms with Crippen molar-refractivity contribution < 1.29 is 8.42 Å². The minimum Gasteiger partial charge on any atom is -0.308 e. The molecule has 0 unspecified atom stereocenters. The van der Waals surface area contributed by atoms with Crippen LogP contribution >= 0.6 is 0 Å². The molecule has 0 aliphatic heterocycles. The third kappa shape index (κ3) is 6.32. The second-order valence-corrected chi connectivity index (χ2v) is 6.90. The Hall–Kier alpha value is -0.210. The first-order valence-corrected chi connectivity index (χ1v) is 7.04. The van der Waals surface area contributed by atoms with Crippen molar-refractivity contribution in [3.8, 4) is 0 Å². The van der Waals surface area contributed by atoms with Crippen LogP contribution in [-0.4, -0.2) is 95.3 Å². The second kappa shape index (κ2) is 7.27. The molecule has 0 radical (unpaired) electrons. The summed E-state index contributed by atoms with van der Waals surface area (Å²) in [5, 5.41) is 0. The third-order valence-corrected chi connectivity index (χ3v) is 4.45. The Labute approximate surface area is 106 Å². The number of hydrogen-bond acceptors (Lipinski definition) is 4. The van der Waals surface area contributed by atoms with Crippen molar-refractivity contribution in [2.24, 2.45) is 0 Å². The van der Waals surface area contributed by atoms with Gasteiger partial charge in [0.05, 0.1) is 0 Å². The highest BCUT2D eigenvalue weighted by Gasteiger charge is 2.22. The monoisotopic (exact) mass is 266 g/mol. The van der Waals surface area contributed by atoms with Gasteiger partial charge in [-0.1, -0.05) is 0 Å². The molecule has 0 aromatic heterocycles. The Kier molecular flexibility index (Phi) is 7.18. The maximum Gasteiger partial charge on any atom is 0.281 e. The van der Waals surface area contributed by atoms with Crippen molar-refractivity contribution >= 4 is 10.2 Å². The van der Waals surface area contributed by atoms with Crippen LogP contribution in [0.5, 0.6) is 0 Å². The molecule has 0 bridgehead atoms. The molecular weight excluding hydrogens is 240 g/mol. The van der Waals surface area contributed by atoms with Crippen LogP contribution < -0.4 is 0 Å². The van der Waals surface area contributed by atoms with Gasteiger partial charge < -0.3 is 9.80 Å². The standard InChI is InChI=1S/C10H26N4O2S/c1-11(2)7-9-13(5)17(15,16)14(6)10-8-12(3)4/h7-10H2,1-6H3.